The lowest BCUT2D eigenvalue weighted by atomic mass is 10.1. The first kappa shape index (κ1) is 21.6. The number of hydrogen-bond donors (Lipinski definition) is 2. The van der Waals surface area contributed by atoms with Crippen LogP contribution in [0.15, 0.2) is 18.2 Å². The van der Waals surface area contributed by atoms with Crippen molar-refractivity contribution in [1.82, 2.24) is 15.1 Å². The van der Waals surface area contributed by atoms with Gasteiger partial charge >= 0.3 is 0 Å². The molecule has 1 rings (SSSR count). The fourth-order valence-corrected chi connectivity index (χ4v) is 2.51. The molecule has 0 atom stereocenters. The van der Waals surface area contributed by atoms with Gasteiger partial charge in [-0.3, -0.25) is 19.3 Å². The summed E-state index contributed by atoms with van der Waals surface area (Å²) in [4.78, 5) is 39.3. The molecule has 0 aliphatic heterocycles. The topological polar surface area (TPSA) is 81.8 Å². The largest absolute Gasteiger partial charge is 0.355 e. The second kappa shape index (κ2) is 10.6. The lowest BCUT2D eigenvalue weighted by Gasteiger charge is -2.23. The molecule has 0 radical (unpaired) electrons. The number of likely N-dealkylation sites (N-methyl/N-ethyl adjacent to an activating group) is 3. The number of aryl methyl sites for hydroxylation is 1. The van der Waals surface area contributed by atoms with Gasteiger partial charge in [-0.1, -0.05) is 12.1 Å². The maximum atomic E-state index is 12.3. The molecule has 0 bridgehead atoms. The van der Waals surface area contributed by atoms with Crippen LogP contribution in [0.1, 0.15) is 25.0 Å². The maximum Gasteiger partial charge on any atom is 0.239 e. The van der Waals surface area contributed by atoms with E-state index < -0.39 is 0 Å². The summed E-state index contributed by atoms with van der Waals surface area (Å²) in [6, 6.07) is 5.74. The van der Waals surface area contributed by atoms with Crippen molar-refractivity contribution in [2.45, 2.75) is 27.7 Å². The summed E-state index contributed by atoms with van der Waals surface area (Å²) in [6.07, 6.45) is 0. The molecular formula is C19H30N4O3. The van der Waals surface area contributed by atoms with Crippen LogP contribution in [0.25, 0.3) is 0 Å². The van der Waals surface area contributed by atoms with Crippen LogP contribution in [-0.4, -0.2) is 67.3 Å². The number of benzene rings is 1. The fourth-order valence-electron chi connectivity index (χ4n) is 2.51. The van der Waals surface area contributed by atoms with Crippen molar-refractivity contribution in [3.8, 4) is 0 Å². The van der Waals surface area contributed by atoms with Gasteiger partial charge in [-0.05, 0) is 51.9 Å². The van der Waals surface area contributed by atoms with Crippen molar-refractivity contribution in [3.05, 3.63) is 29.3 Å². The highest BCUT2D eigenvalue weighted by Gasteiger charge is 2.18. The Hall–Kier alpha value is -2.41. The Morgan fingerprint density at radius 1 is 1.00 bits per heavy atom. The summed E-state index contributed by atoms with van der Waals surface area (Å²) in [5.74, 6) is -0.542. The van der Waals surface area contributed by atoms with Crippen molar-refractivity contribution in [1.29, 1.82) is 0 Å². The lowest BCUT2D eigenvalue weighted by molar-refractivity contribution is -0.136. The molecule has 2 N–H and O–H groups in total. The molecule has 0 saturated heterocycles. The SMILES string of the molecule is CCNC(=O)CN(CC)C(=O)CN(C)CC(=O)Nc1cccc(C)c1C. The number of carbonyl (C=O) groups excluding carboxylic acids is 3. The summed E-state index contributed by atoms with van der Waals surface area (Å²) in [5.41, 5.74) is 2.91. The maximum absolute atomic E-state index is 12.3. The van der Waals surface area contributed by atoms with E-state index in [1.807, 2.05) is 45.9 Å². The van der Waals surface area contributed by atoms with Gasteiger partial charge in [-0.25, -0.2) is 0 Å². The highest BCUT2D eigenvalue weighted by Crippen LogP contribution is 2.17. The summed E-state index contributed by atoms with van der Waals surface area (Å²) < 4.78 is 0. The third-order valence-electron chi connectivity index (χ3n) is 4.14. The van der Waals surface area contributed by atoms with Crippen LogP contribution in [0.3, 0.4) is 0 Å². The molecule has 0 aliphatic rings. The van der Waals surface area contributed by atoms with Gasteiger partial charge in [-0.2, -0.15) is 0 Å². The van der Waals surface area contributed by atoms with E-state index in [-0.39, 0.29) is 37.4 Å². The third-order valence-corrected chi connectivity index (χ3v) is 4.14. The second-order valence-electron chi connectivity index (χ2n) is 6.33. The first-order valence-electron chi connectivity index (χ1n) is 8.87. The molecule has 0 heterocycles. The van der Waals surface area contributed by atoms with Crippen molar-refractivity contribution < 1.29 is 14.4 Å². The molecule has 0 spiro atoms. The molecule has 0 aliphatic carbocycles. The summed E-state index contributed by atoms with van der Waals surface area (Å²) in [5, 5.41) is 5.55. The summed E-state index contributed by atoms with van der Waals surface area (Å²) in [6.45, 7) is 8.78. The average molecular weight is 362 g/mol. The van der Waals surface area contributed by atoms with Gasteiger partial charge in [0.15, 0.2) is 0 Å². The van der Waals surface area contributed by atoms with E-state index in [1.165, 1.54) is 4.90 Å². The lowest BCUT2D eigenvalue weighted by Crippen LogP contribution is -2.45. The molecule has 144 valence electrons. The van der Waals surface area contributed by atoms with Crippen LogP contribution in [0.4, 0.5) is 5.69 Å². The summed E-state index contributed by atoms with van der Waals surface area (Å²) in [7, 11) is 1.71. The van der Waals surface area contributed by atoms with Gasteiger partial charge in [0.2, 0.25) is 17.7 Å². The number of carbonyl (C=O) groups is 3. The molecule has 26 heavy (non-hydrogen) atoms. The van der Waals surface area contributed by atoms with Gasteiger partial charge in [0.05, 0.1) is 19.6 Å². The zero-order valence-electron chi connectivity index (χ0n) is 16.4. The van der Waals surface area contributed by atoms with Gasteiger partial charge in [0.1, 0.15) is 0 Å². The van der Waals surface area contributed by atoms with Crippen molar-refractivity contribution in [3.63, 3.8) is 0 Å². The number of nitrogens with zero attached hydrogens (tertiary/aromatic N) is 2. The highest BCUT2D eigenvalue weighted by molar-refractivity contribution is 5.93. The fraction of sp³-hybridized carbons (Fsp3) is 0.526. The quantitative estimate of drug-likeness (QED) is 0.691. The number of hydrogen-bond acceptors (Lipinski definition) is 4. The number of rotatable bonds is 9. The Labute approximate surface area is 155 Å². The Balaban J connectivity index is 2.54. The van der Waals surface area contributed by atoms with Crippen LogP contribution in [-0.2, 0) is 14.4 Å². The first-order valence-corrected chi connectivity index (χ1v) is 8.87. The second-order valence-corrected chi connectivity index (χ2v) is 6.33. The Kier molecular flexibility index (Phi) is 8.78. The van der Waals surface area contributed by atoms with Crippen LogP contribution < -0.4 is 10.6 Å². The predicted octanol–water partition coefficient (Wildman–Crippen LogP) is 1.16. The van der Waals surface area contributed by atoms with E-state index in [4.69, 9.17) is 0 Å². The van der Waals surface area contributed by atoms with E-state index in [0.717, 1.165) is 16.8 Å². The van der Waals surface area contributed by atoms with Gasteiger partial charge in [-0.15, -0.1) is 0 Å². The van der Waals surface area contributed by atoms with E-state index in [2.05, 4.69) is 10.6 Å². The minimum absolute atomic E-state index is 0.0334. The molecule has 3 amide bonds. The minimum Gasteiger partial charge on any atom is -0.355 e. The van der Waals surface area contributed by atoms with Gasteiger partial charge in [0.25, 0.3) is 0 Å². The Morgan fingerprint density at radius 2 is 1.69 bits per heavy atom. The van der Waals surface area contributed by atoms with Crippen molar-refractivity contribution in [2.24, 2.45) is 0 Å². The molecular weight excluding hydrogens is 332 g/mol. The van der Waals surface area contributed by atoms with Crippen molar-refractivity contribution in [2.75, 3.05) is 45.1 Å². The molecule has 1 aromatic rings. The van der Waals surface area contributed by atoms with Crippen LogP contribution in [0.5, 0.6) is 0 Å². The molecule has 0 saturated carbocycles. The van der Waals surface area contributed by atoms with Gasteiger partial charge in [0, 0.05) is 18.8 Å². The van der Waals surface area contributed by atoms with E-state index in [1.54, 1.807) is 11.9 Å². The number of nitrogens with one attached hydrogen (secondary N) is 2. The average Bonchev–Trinajstić information content (AvgIpc) is 2.56. The Morgan fingerprint density at radius 3 is 2.31 bits per heavy atom. The first-order chi connectivity index (χ1) is 12.3. The van der Waals surface area contributed by atoms with E-state index in [9.17, 15) is 14.4 Å². The molecule has 0 unspecified atom stereocenters. The monoisotopic (exact) mass is 362 g/mol. The highest BCUT2D eigenvalue weighted by atomic mass is 16.2. The van der Waals surface area contributed by atoms with Gasteiger partial charge < -0.3 is 15.5 Å². The standard InChI is InChI=1S/C19H30N4O3/c1-6-20-17(24)12-23(7-2)19(26)13-22(5)11-18(25)21-16-10-8-9-14(3)15(16)4/h8-10H,6-7,11-13H2,1-5H3,(H,20,24)(H,21,25). The van der Waals surface area contributed by atoms with E-state index in [0.29, 0.717) is 13.1 Å². The molecule has 7 nitrogen and oxygen atoms in total. The van der Waals surface area contributed by atoms with E-state index >= 15 is 0 Å². The van der Waals surface area contributed by atoms with Crippen LogP contribution in [0.2, 0.25) is 0 Å². The number of amides is 3. The molecule has 7 heteroatoms. The van der Waals surface area contributed by atoms with Crippen LogP contribution >= 0.6 is 0 Å². The summed E-state index contributed by atoms with van der Waals surface area (Å²) >= 11 is 0. The zero-order valence-corrected chi connectivity index (χ0v) is 16.4. The van der Waals surface area contributed by atoms with Crippen molar-refractivity contribution >= 4 is 23.4 Å². The normalized spacial score (nSPS) is 10.5. The predicted molar refractivity (Wildman–Crippen MR) is 103 cm³/mol. The molecule has 0 fully saturated rings. The molecule has 0 aromatic heterocycles. The minimum atomic E-state index is -0.182. The zero-order chi connectivity index (χ0) is 19.7. The van der Waals surface area contributed by atoms with Crippen LogP contribution in [0, 0.1) is 13.8 Å². The smallest absolute Gasteiger partial charge is 0.239 e. The number of anilines is 1. The molecule has 1 aromatic carbocycles. The third kappa shape index (κ3) is 6.84. The Bertz CT molecular complexity index is 646.